The van der Waals surface area contributed by atoms with Crippen LogP contribution in [0.3, 0.4) is 0 Å². The maximum atomic E-state index is 7.06. The zero-order valence-corrected chi connectivity index (χ0v) is 30.6. The van der Waals surface area contributed by atoms with Gasteiger partial charge in [-0.15, -0.1) is 11.3 Å². The summed E-state index contributed by atoms with van der Waals surface area (Å²) in [6.45, 7) is 0. The SMILES string of the molecule is c1ccc(-c2ccc(N(c3cccc(-c4ccc5c(c4)sc4ccccc45)c3)c3cccc4c3oc3c5ccccc5c(-c5ccccc5)cc43)cc2)cc1. The molecule has 0 spiro atoms. The summed E-state index contributed by atoms with van der Waals surface area (Å²) in [6, 6.07) is 72.0. The number of rotatable bonds is 6. The lowest BCUT2D eigenvalue weighted by Gasteiger charge is -2.26. The third-order valence-corrected chi connectivity index (χ3v) is 12.0. The fourth-order valence-corrected chi connectivity index (χ4v) is 9.37. The lowest BCUT2D eigenvalue weighted by Crippen LogP contribution is -2.10. The molecule has 0 saturated heterocycles. The highest BCUT2D eigenvalue weighted by atomic mass is 32.1. The monoisotopic (exact) mass is 719 g/mol. The van der Waals surface area contributed by atoms with Crippen molar-refractivity contribution in [2.75, 3.05) is 4.90 Å². The molecule has 0 atom stereocenters. The summed E-state index contributed by atoms with van der Waals surface area (Å²) >= 11 is 1.85. The van der Waals surface area contributed by atoms with Gasteiger partial charge in [0.1, 0.15) is 5.58 Å². The lowest BCUT2D eigenvalue weighted by atomic mass is 9.95. The van der Waals surface area contributed by atoms with E-state index in [1.54, 1.807) is 0 Å². The Labute approximate surface area is 322 Å². The summed E-state index contributed by atoms with van der Waals surface area (Å²) in [5.41, 5.74) is 12.0. The molecule has 0 radical (unpaired) electrons. The van der Waals surface area contributed by atoms with Crippen molar-refractivity contribution in [3.05, 3.63) is 200 Å². The second-order valence-electron chi connectivity index (χ2n) is 14.1. The van der Waals surface area contributed by atoms with Gasteiger partial charge in [0.05, 0.1) is 5.69 Å². The molecule has 0 amide bonds. The molecule has 0 bridgehead atoms. The zero-order chi connectivity index (χ0) is 36.3. The first-order valence-corrected chi connectivity index (χ1v) is 19.5. The van der Waals surface area contributed by atoms with Crippen LogP contribution in [-0.4, -0.2) is 0 Å². The molecule has 2 nitrogen and oxygen atoms in total. The third-order valence-electron chi connectivity index (χ3n) is 10.9. The van der Waals surface area contributed by atoms with Gasteiger partial charge in [0.2, 0.25) is 0 Å². The maximum Gasteiger partial charge on any atom is 0.159 e. The summed E-state index contributed by atoms with van der Waals surface area (Å²) in [5, 5.41) is 7.11. The molecular formula is C52H33NOS. The van der Waals surface area contributed by atoms with E-state index in [4.69, 9.17) is 4.42 Å². The second kappa shape index (κ2) is 12.9. The molecule has 55 heavy (non-hydrogen) atoms. The van der Waals surface area contributed by atoms with Gasteiger partial charge in [-0.1, -0.05) is 152 Å². The fourth-order valence-electron chi connectivity index (χ4n) is 8.23. The first-order chi connectivity index (χ1) is 27.3. The summed E-state index contributed by atoms with van der Waals surface area (Å²) < 4.78 is 9.67. The third kappa shape index (κ3) is 5.32. The highest BCUT2D eigenvalue weighted by Gasteiger charge is 2.22. The molecule has 0 fully saturated rings. The molecule has 11 rings (SSSR count). The van der Waals surface area contributed by atoms with Gasteiger partial charge in [-0.05, 0) is 87.3 Å². The van der Waals surface area contributed by atoms with Crippen LogP contribution in [0.25, 0.3) is 86.3 Å². The van der Waals surface area contributed by atoms with Crippen LogP contribution in [0.5, 0.6) is 0 Å². The van der Waals surface area contributed by atoms with Crippen molar-refractivity contribution in [2.24, 2.45) is 0 Å². The van der Waals surface area contributed by atoms with E-state index < -0.39 is 0 Å². The van der Waals surface area contributed by atoms with Crippen molar-refractivity contribution < 1.29 is 4.42 Å². The smallest absolute Gasteiger partial charge is 0.159 e. The molecule has 3 heteroatoms. The number of furan rings is 1. The Hall–Kier alpha value is -6.94. The van der Waals surface area contributed by atoms with Gasteiger partial charge < -0.3 is 9.32 Å². The highest BCUT2D eigenvalue weighted by Crippen LogP contribution is 2.46. The Kier molecular flexibility index (Phi) is 7.39. The Bertz CT molecular complexity index is 3190. The Morgan fingerprint density at radius 2 is 0.909 bits per heavy atom. The number of benzene rings is 9. The minimum atomic E-state index is 0.858. The zero-order valence-electron chi connectivity index (χ0n) is 29.8. The van der Waals surface area contributed by atoms with Crippen LogP contribution >= 0.6 is 11.3 Å². The van der Waals surface area contributed by atoms with Crippen LogP contribution in [0.15, 0.2) is 205 Å². The molecule has 258 valence electrons. The van der Waals surface area contributed by atoms with Crippen molar-refractivity contribution in [2.45, 2.75) is 0 Å². The number of anilines is 3. The van der Waals surface area contributed by atoms with E-state index in [9.17, 15) is 0 Å². The van der Waals surface area contributed by atoms with E-state index in [2.05, 4.69) is 205 Å². The van der Waals surface area contributed by atoms with Crippen LogP contribution < -0.4 is 4.90 Å². The minimum Gasteiger partial charge on any atom is -0.453 e. The molecule has 0 saturated carbocycles. The lowest BCUT2D eigenvalue weighted by molar-refractivity contribution is 0.673. The molecule has 11 aromatic rings. The van der Waals surface area contributed by atoms with E-state index in [1.165, 1.54) is 53.4 Å². The van der Waals surface area contributed by atoms with E-state index >= 15 is 0 Å². The van der Waals surface area contributed by atoms with Crippen molar-refractivity contribution in [3.8, 4) is 33.4 Å². The number of para-hydroxylation sites is 1. The van der Waals surface area contributed by atoms with Crippen molar-refractivity contribution >= 4 is 81.3 Å². The second-order valence-corrected chi connectivity index (χ2v) is 15.2. The van der Waals surface area contributed by atoms with Crippen LogP contribution in [0.1, 0.15) is 0 Å². The van der Waals surface area contributed by atoms with E-state index in [-0.39, 0.29) is 0 Å². The molecule has 0 unspecified atom stereocenters. The Morgan fingerprint density at radius 1 is 0.327 bits per heavy atom. The summed E-state index contributed by atoms with van der Waals surface area (Å²) in [7, 11) is 0. The fraction of sp³-hybridized carbons (Fsp3) is 0. The van der Waals surface area contributed by atoms with Gasteiger partial charge in [0, 0.05) is 47.7 Å². The van der Waals surface area contributed by atoms with Gasteiger partial charge in [-0.2, -0.15) is 0 Å². The minimum absolute atomic E-state index is 0.858. The van der Waals surface area contributed by atoms with Crippen molar-refractivity contribution in [3.63, 3.8) is 0 Å². The Morgan fingerprint density at radius 3 is 1.73 bits per heavy atom. The topological polar surface area (TPSA) is 16.4 Å². The standard InChI is InChI=1S/C52H33NOS/c1-3-13-34(14-4-1)35-25-28-39(29-26-35)53(40-18-11-17-37(31-40)38-27-30-43-42-20-9-10-24-49(42)55-50(43)32-38)48-23-12-22-45-47-33-46(36-15-5-2-6-16-36)41-19-7-8-21-44(41)51(47)54-52(45)48/h1-33H. The molecule has 0 aliphatic rings. The predicted molar refractivity (Wildman–Crippen MR) is 235 cm³/mol. The van der Waals surface area contributed by atoms with Crippen LogP contribution in [0.2, 0.25) is 0 Å². The molecular weight excluding hydrogens is 687 g/mol. The van der Waals surface area contributed by atoms with Gasteiger partial charge in [-0.3, -0.25) is 0 Å². The number of fused-ring (bicyclic) bond motifs is 8. The maximum absolute atomic E-state index is 7.06. The molecule has 0 N–H and O–H groups in total. The predicted octanol–water partition coefficient (Wildman–Crippen LogP) is 15.6. The van der Waals surface area contributed by atoms with Gasteiger partial charge in [0.25, 0.3) is 0 Å². The summed E-state index contributed by atoms with van der Waals surface area (Å²) in [6.07, 6.45) is 0. The van der Waals surface area contributed by atoms with Gasteiger partial charge in [0.15, 0.2) is 5.58 Å². The molecule has 2 aromatic heterocycles. The van der Waals surface area contributed by atoms with Crippen LogP contribution in [0, 0.1) is 0 Å². The summed E-state index contributed by atoms with van der Waals surface area (Å²) in [5.74, 6) is 0. The molecule has 2 heterocycles. The number of thiophene rings is 1. The van der Waals surface area contributed by atoms with Crippen molar-refractivity contribution in [1.29, 1.82) is 0 Å². The Balaban J connectivity index is 1.12. The quantitative estimate of drug-likeness (QED) is 0.170. The first kappa shape index (κ1) is 31.6. The van der Waals surface area contributed by atoms with E-state index in [1.807, 2.05) is 11.3 Å². The van der Waals surface area contributed by atoms with Crippen LogP contribution in [0.4, 0.5) is 17.1 Å². The van der Waals surface area contributed by atoms with Gasteiger partial charge >= 0.3 is 0 Å². The van der Waals surface area contributed by atoms with Crippen molar-refractivity contribution in [1.82, 2.24) is 0 Å². The van der Waals surface area contributed by atoms with E-state index in [0.29, 0.717) is 0 Å². The average Bonchev–Trinajstić information content (AvgIpc) is 3.83. The number of hydrogen-bond acceptors (Lipinski definition) is 3. The first-order valence-electron chi connectivity index (χ1n) is 18.7. The largest absolute Gasteiger partial charge is 0.453 e. The molecule has 0 aliphatic heterocycles. The highest BCUT2D eigenvalue weighted by molar-refractivity contribution is 7.25. The molecule has 9 aromatic carbocycles. The number of hydrogen-bond donors (Lipinski definition) is 0. The van der Waals surface area contributed by atoms with E-state index in [0.717, 1.165) is 50.0 Å². The number of nitrogens with zero attached hydrogens (tertiary/aromatic N) is 1. The normalized spacial score (nSPS) is 11.6. The average molecular weight is 720 g/mol. The summed E-state index contributed by atoms with van der Waals surface area (Å²) in [4.78, 5) is 2.35. The van der Waals surface area contributed by atoms with Crippen LogP contribution in [-0.2, 0) is 0 Å². The van der Waals surface area contributed by atoms with Gasteiger partial charge in [-0.25, -0.2) is 0 Å². The molecule has 0 aliphatic carbocycles.